The van der Waals surface area contributed by atoms with Crippen molar-refractivity contribution in [3.05, 3.63) is 47.2 Å². The zero-order valence-corrected chi connectivity index (χ0v) is 10.6. The van der Waals surface area contributed by atoms with Gasteiger partial charge in [0.15, 0.2) is 22.4 Å². The van der Waals surface area contributed by atoms with Gasteiger partial charge in [0.1, 0.15) is 5.52 Å². The van der Waals surface area contributed by atoms with Crippen LogP contribution in [0.4, 0.5) is 5.69 Å². The summed E-state index contributed by atoms with van der Waals surface area (Å²) in [6.45, 7) is 0. The molecule has 0 unspecified atom stereocenters. The number of hydrogen-bond donors (Lipinski definition) is 1. The molecule has 18 heavy (non-hydrogen) atoms. The Balaban J connectivity index is 1.85. The largest absolute Gasteiger partial charge is 0.444 e. The van der Waals surface area contributed by atoms with E-state index < -0.39 is 0 Å². The minimum absolute atomic E-state index is 0.238. The van der Waals surface area contributed by atoms with Gasteiger partial charge in [-0.25, -0.2) is 4.98 Å². The fourth-order valence-electron chi connectivity index (χ4n) is 1.56. The van der Waals surface area contributed by atoms with E-state index in [1.165, 1.54) is 6.39 Å². The highest BCUT2D eigenvalue weighted by molar-refractivity contribution is 9.10. The van der Waals surface area contributed by atoms with Gasteiger partial charge < -0.3 is 14.2 Å². The molecule has 3 rings (SSSR count). The molecule has 5 nitrogen and oxygen atoms in total. The van der Waals surface area contributed by atoms with Crippen LogP contribution in [0.2, 0.25) is 0 Å². The smallest absolute Gasteiger partial charge is 0.291 e. The van der Waals surface area contributed by atoms with Gasteiger partial charge in [-0.2, -0.15) is 0 Å². The lowest BCUT2D eigenvalue weighted by atomic mass is 10.3. The lowest BCUT2D eigenvalue weighted by molar-refractivity contribution is 0.0995. The van der Waals surface area contributed by atoms with Crippen molar-refractivity contribution in [2.75, 3.05) is 5.32 Å². The van der Waals surface area contributed by atoms with Crippen molar-refractivity contribution in [1.29, 1.82) is 0 Å². The van der Waals surface area contributed by atoms with E-state index in [0.717, 1.165) is 0 Å². The van der Waals surface area contributed by atoms with Gasteiger partial charge in [-0.3, -0.25) is 4.79 Å². The number of rotatable bonds is 2. The average Bonchev–Trinajstić information content (AvgIpc) is 2.96. The highest BCUT2D eigenvalue weighted by atomic mass is 79.9. The Morgan fingerprint density at radius 3 is 2.94 bits per heavy atom. The summed E-state index contributed by atoms with van der Waals surface area (Å²) in [5.41, 5.74) is 2.00. The van der Waals surface area contributed by atoms with Gasteiger partial charge in [-0.05, 0) is 46.3 Å². The minimum atomic E-state index is -0.316. The van der Waals surface area contributed by atoms with Gasteiger partial charge in [0, 0.05) is 5.69 Å². The van der Waals surface area contributed by atoms with Gasteiger partial charge in [-0.1, -0.05) is 0 Å². The predicted molar refractivity (Wildman–Crippen MR) is 68.4 cm³/mol. The van der Waals surface area contributed by atoms with E-state index >= 15 is 0 Å². The van der Waals surface area contributed by atoms with Gasteiger partial charge in [0.05, 0.1) is 0 Å². The van der Waals surface area contributed by atoms with Gasteiger partial charge >= 0.3 is 0 Å². The second-order valence-electron chi connectivity index (χ2n) is 3.59. The molecule has 3 aromatic rings. The van der Waals surface area contributed by atoms with Crippen molar-refractivity contribution in [2.24, 2.45) is 0 Å². The number of nitrogens with zero attached hydrogens (tertiary/aromatic N) is 1. The number of aromatic nitrogens is 1. The molecule has 0 saturated carbocycles. The van der Waals surface area contributed by atoms with Crippen LogP contribution in [0.1, 0.15) is 10.6 Å². The summed E-state index contributed by atoms with van der Waals surface area (Å²) >= 11 is 3.14. The third-order valence-electron chi connectivity index (χ3n) is 2.39. The van der Waals surface area contributed by atoms with E-state index in [1.807, 2.05) is 0 Å². The highest BCUT2D eigenvalue weighted by Crippen LogP contribution is 2.19. The molecule has 0 aliphatic carbocycles. The summed E-state index contributed by atoms with van der Waals surface area (Å²) in [5.74, 6) is -0.0781. The summed E-state index contributed by atoms with van der Waals surface area (Å²) in [7, 11) is 0. The van der Waals surface area contributed by atoms with E-state index in [2.05, 4.69) is 26.2 Å². The number of carbonyl (C=O) groups is 1. The Morgan fingerprint density at radius 1 is 1.28 bits per heavy atom. The molecule has 2 heterocycles. The summed E-state index contributed by atoms with van der Waals surface area (Å²) < 4.78 is 10.8. The number of amides is 1. The summed E-state index contributed by atoms with van der Waals surface area (Å²) in [6, 6.07) is 8.47. The fourth-order valence-corrected chi connectivity index (χ4v) is 1.87. The minimum Gasteiger partial charge on any atom is -0.444 e. The van der Waals surface area contributed by atoms with Crippen molar-refractivity contribution < 1.29 is 13.6 Å². The molecule has 0 radical (unpaired) electrons. The number of benzene rings is 1. The monoisotopic (exact) mass is 306 g/mol. The van der Waals surface area contributed by atoms with Crippen molar-refractivity contribution >= 4 is 38.6 Å². The standard InChI is InChI=1S/C12H7BrN2O3/c13-11-4-3-10(18-11)12(16)15-7-1-2-9-8(5-7)14-6-17-9/h1-6H,(H,15,16). The molecule has 0 saturated heterocycles. The number of hydrogen-bond acceptors (Lipinski definition) is 4. The topological polar surface area (TPSA) is 68.3 Å². The number of anilines is 1. The molecule has 2 aromatic heterocycles. The summed E-state index contributed by atoms with van der Waals surface area (Å²) in [5, 5.41) is 2.72. The maximum atomic E-state index is 11.8. The van der Waals surface area contributed by atoms with Crippen molar-refractivity contribution in [2.45, 2.75) is 0 Å². The van der Waals surface area contributed by atoms with Crippen LogP contribution < -0.4 is 5.32 Å². The molecule has 90 valence electrons. The molecule has 1 amide bonds. The molecule has 0 fully saturated rings. The first-order chi connectivity index (χ1) is 8.72. The van der Waals surface area contributed by atoms with Crippen molar-refractivity contribution in [3.63, 3.8) is 0 Å². The maximum absolute atomic E-state index is 11.8. The second kappa shape index (κ2) is 4.30. The SMILES string of the molecule is O=C(Nc1ccc2ocnc2c1)c1ccc(Br)o1. The van der Waals surface area contributed by atoms with Crippen LogP contribution in [0.3, 0.4) is 0 Å². The van der Waals surface area contributed by atoms with Crippen LogP contribution in [-0.4, -0.2) is 10.9 Å². The van der Waals surface area contributed by atoms with Gasteiger partial charge in [0.25, 0.3) is 5.91 Å². The van der Waals surface area contributed by atoms with Crippen LogP contribution >= 0.6 is 15.9 Å². The third kappa shape index (κ3) is 2.02. The van der Waals surface area contributed by atoms with Gasteiger partial charge in [0.2, 0.25) is 0 Å². The molecular weight excluding hydrogens is 300 g/mol. The van der Waals surface area contributed by atoms with Crippen molar-refractivity contribution in [1.82, 2.24) is 4.98 Å². The summed E-state index contributed by atoms with van der Waals surface area (Å²) in [6.07, 6.45) is 1.36. The molecule has 0 spiro atoms. The molecule has 0 atom stereocenters. The van der Waals surface area contributed by atoms with Gasteiger partial charge in [-0.15, -0.1) is 0 Å². The first-order valence-electron chi connectivity index (χ1n) is 5.12. The molecule has 1 N–H and O–H groups in total. The van der Waals surface area contributed by atoms with Crippen molar-refractivity contribution in [3.8, 4) is 0 Å². The Hall–Kier alpha value is -2.08. The molecule has 1 aromatic carbocycles. The molecule has 0 aliphatic heterocycles. The van der Waals surface area contributed by atoms with Crippen LogP contribution in [0, 0.1) is 0 Å². The number of fused-ring (bicyclic) bond motifs is 1. The maximum Gasteiger partial charge on any atom is 0.291 e. The number of carbonyl (C=O) groups excluding carboxylic acids is 1. The molecule has 6 heteroatoms. The Labute approximate surface area is 110 Å². The quantitative estimate of drug-likeness (QED) is 0.787. The molecule has 0 bridgehead atoms. The van der Waals surface area contributed by atoms with Crippen LogP contribution in [0.25, 0.3) is 11.1 Å². The Kier molecular flexibility index (Phi) is 2.64. The Morgan fingerprint density at radius 2 is 2.17 bits per heavy atom. The summed E-state index contributed by atoms with van der Waals surface area (Å²) in [4.78, 5) is 15.8. The highest BCUT2D eigenvalue weighted by Gasteiger charge is 2.11. The molecular formula is C12H7BrN2O3. The third-order valence-corrected chi connectivity index (χ3v) is 2.81. The lowest BCUT2D eigenvalue weighted by Gasteiger charge is -2.02. The Bertz CT molecular complexity index is 717. The fraction of sp³-hybridized carbons (Fsp3) is 0. The number of furan rings is 1. The lowest BCUT2D eigenvalue weighted by Crippen LogP contribution is -2.10. The first kappa shape index (κ1) is 11.0. The first-order valence-corrected chi connectivity index (χ1v) is 5.91. The zero-order valence-electron chi connectivity index (χ0n) is 9.01. The average molecular weight is 307 g/mol. The zero-order chi connectivity index (χ0) is 12.5. The van der Waals surface area contributed by atoms with Crippen LogP contribution in [-0.2, 0) is 0 Å². The number of nitrogens with one attached hydrogen (secondary N) is 1. The number of oxazole rings is 1. The predicted octanol–water partition coefficient (Wildman–Crippen LogP) is 3.44. The van der Waals surface area contributed by atoms with E-state index in [0.29, 0.717) is 21.5 Å². The van der Waals surface area contributed by atoms with Crippen LogP contribution in [0.5, 0.6) is 0 Å². The number of halogens is 1. The second-order valence-corrected chi connectivity index (χ2v) is 4.37. The van der Waals surface area contributed by atoms with E-state index in [4.69, 9.17) is 8.83 Å². The normalized spacial score (nSPS) is 10.7. The van der Waals surface area contributed by atoms with E-state index in [-0.39, 0.29) is 11.7 Å². The van der Waals surface area contributed by atoms with Crippen LogP contribution in [0.15, 0.2) is 50.2 Å². The van der Waals surface area contributed by atoms with E-state index in [9.17, 15) is 4.79 Å². The van der Waals surface area contributed by atoms with E-state index in [1.54, 1.807) is 30.3 Å². The molecule has 0 aliphatic rings.